The molecule has 24 heavy (non-hydrogen) atoms. The van der Waals surface area contributed by atoms with Crippen molar-refractivity contribution in [2.24, 2.45) is 11.8 Å². The van der Waals surface area contributed by atoms with Crippen LogP contribution in [0.1, 0.15) is 43.2 Å². The topological polar surface area (TPSA) is 40.5 Å². The Hall–Kier alpha value is -1.56. The molecule has 0 spiro atoms. The molecule has 3 nitrogen and oxygen atoms in total. The lowest BCUT2D eigenvalue weighted by Crippen LogP contribution is -2.47. The van der Waals surface area contributed by atoms with Crippen LogP contribution in [0.15, 0.2) is 24.3 Å². The van der Waals surface area contributed by atoms with Crippen molar-refractivity contribution in [2.75, 3.05) is 13.2 Å². The summed E-state index contributed by atoms with van der Waals surface area (Å²) in [6.45, 7) is 2.68. The van der Waals surface area contributed by atoms with E-state index < -0.39 is 11.7 Å². The Bertz CT molecular complexity index is 599. The van der Waals surface area contributed by atoms with Crippen LogP contribution in [0.4, 0.5) is 13.2 Å². The Morgan fingerprint density at radius 3 is 2.50 bits per heavy atom. The Labute approximate surface area is 139 Å². The summed E-state index contributed by atoms with van der Waals surface area (Å²) in [5.41, 5.74) is 0.134. The van der Waals surface area contributed by atoms with Gasteiger partial charge in [-0.3, -0.25) is 4.79 Å². The van der Waals surface area contributed by atoms with Crippen molar-refractivity contribution in [3.63, 3.8) is 0 Å². The predicted molar refractivity (Wildman–Crippen MR) is 83.3 cm³/mol. The number of hydrogen-bond donors (Lipinski definition) is 1. The number of carbonyl (C=O) groups is 1. The summed E-state index contributed by atoms with van der Waals surface area (Å²) in [6, 6.07) is 5.30. The molecule has 4 unspecified atom stereocenters. The molecule has 1 aromatic rings. The third kappa shape index (κ3) is 3.43. The van der Waals surface area contributed by atoms with E-state index in [1.807, 2.05) is 11.8 Å². The van der Waals surface area contributed by atoms with Crippen molar-refractivity contribution >= 4 is 5.91 Å². The number of benzene rings is 1. The largest absolute Gasteiger partial charge is 0.416 e. The monoisotopic (exact) mass is 341 g/mol. The van der Waals surface area contributed by atoms with Crippen molar-refractivity contribution in [1.29, 1.82) is 0 Å². The smallest absolute Gasteiger partial charge is 0.396 e. The normalized spacial score (nSPS) is 30.3. The van der Waals surface area contributed by atoms with E-state index in [-0.39, 0.29) is 36.3 Å². The molecule has 1 saturated carbocycles. The average Bonchev–Trinajstić information content (AvgIpc) is 3.35. The van der Waals surface area contributed by atoms with Gasteiger partial charge in [-0.25, -0.2) is 0 Å². The molecule has 1 saturated heterocycles. The maximum Gasteiger partial charge on any atom is 0.416 e. The van der Waals surface area contributed by atoms with Gasteiger partial charge in [-0.1, -0.05) is 12.1 Å². The number of hydrogen-bond acceptors (Lipinski definition) is 2. The first-order valence-electron chi connectivity index (χ1n) is 8.39. The van der Waals surface area contributed by atoms with Gasteiger partial charge in [0, 0.05) is 25.1 Å². The molecule has 2 aliphatic rings. The highest BCUT2D eigenvalue weighted by Crippen LogP contribution is 2.49. The highest BCUT2D eigenvalue weighted by atomic mass is 19.4. The van der Waals surface area contributed by atoms with Gasteiger partial charge in [0.2, 0.25) is 5.91 Å². The lowest BCUT2D eigenvalue weighted by Gasteiger charge is -2.37. The number of rotatable bonds is 3. The highest BCUT2D eigenvalue weighted by molar-refractivity contribution is 5.83. The molecule has 0 radical (unpaired) electrons. The van der Waals surface area contributed by atoms with Gasteiger partial charge in [0.25, 0.3) is 0 Å². The van der Waals surface area contributed by atoms with Crippen LogP contribution in [0, 0.1) is 11.8 Å². The fourth-order valence-corrected chi connectivity index (χ4v) is 3.61. The van der Waals surface area contributed by atoms with Crippen LogP contribution < -0.4 is 0 Å². The van der Waals surface area contributed by atoms with Gasteiger partial charge in [0.1, 0.15) is 0 Å². The molecule has 1 aliphatic carbocycles. The summed E-state index contributed by atoms with van der Waals surface area (Å²) in [6.07, 6.45) is -1.83. The van der Waals surface area contributed by atoms with Crippen LogP contribution >= 0.6 is 0 Å². The van der Waals surface area contributed by atoms with Crippen LogP contribution in [0.25, 0.3) is 0 Å². The van der Waals surface area contributed by atoms with E-state index in [1.54, 1.807) is 0 Å². The lowest BCUT2D eigenvalue weighted by atomic mass is 9.93. The summed E-state index contributed by atoms with van der Waals surface area (Å²) >= 11 is 0. The standard InChI is InChI=1S/C18H22F3NO2/c1-11-2-3-12(10-23)9-22(11)17(24)16-8-15(16)13-4-6-14(7-5-13)18(19,20)21/h4-7,11-12,15-16,23H,2-3,8-10H2,1H3. The molecule has 1 aromatic carbocycles. The molecule has 1 aliphatic heterocycles. The second-order valence-corrected chi connectivity index (χ2v) is 7.03. The quantitative estimate of drug-likeness (QED) is 0.915. The fraction of sp³-hybridized carbons (Fsp3) is 0.611. The summed E-state index contributed by atoms with van der Waals surface area (Å²) in [5, 5.41) is 9.32. The number of aliphatic hydroxyl groups is 1. The van der Waals surface area contributed by atoms with Crippen LogP contribution in [-0.4, -0.2) is 35.1 Å². The molecule has 1 heterocycles. The average molecular weight is 341 g/mol. The van der Waals surface area contributed by atoms with Gasteiger partial charge in [-0.2, -0.15) is 13.2 Å². The van der Waals surface area contributed by atoms with E-state index in [9.17, 15) is 23.1 Å². The maximum absolute atomic E-state index is 12.7. The number of nitrogens with zero attached hydrogens (tertiary/aromatic N) is 1. The van der Waals surface area contributed by atoms with Crippen LogP contribution in [0.5, 0.6) is 0 Å². The van der Waals surface area contributed by atoms with E-state index in [0.717, 1.165) is 30.5 Å². The number of alkyl halides is 3. The molecular weight excluding hydrogens is 319 g/mol. The number of piperidine rings is 1. The van der Waals surface area contributed by atoms with E-state index in [2.05, 4.69) is 0 Å². The SMILES string of the molecule is CC1CCC(CO)CN1C(=O)C1CC1c1ccc(C(F)(F)F)cc1. The van der Waals surface area contributed by atoms with Crippen molar-refractivity contribution in [3.05, 3.63) is 35.4 Å². The van der Waals surface area contributed by atoms with Crippen molar-refractivity contribution in [2.45, 2.75) is 44.3 Å². The first-order valence-corrected chi connectivity index (χ1v) is 8.39. The molecule has 2 fully saturated rings. The van der Waals surface area contributed by atoms with Crippen molar-refractivity contribution in [1.82, 2.24) is 4.90 Å². The van der Waals surface area contributed by atoms with Gasteiger partial charge >= 0.3 is 6.18 Å². The van der Waals surface area contributed by atoms with Crippen LogP contribution in [0.2, 0.25) is 0 Å². The fourth-order valence-electron chi connectivity index (χ4n) is 3.61. The number of likely N-dealkylation sites (tertiary alicyclic amines) is 1. The number of amides is 1. The first-order chi connectivity index (χ1) is 11.3. The summed E-state index contributed by atoms with van der Waals surface area (Å²) < 4.78 is 37.8. The molecule has 4 atom stereocenters. The zero-order valence-corrected chi connectivity index (χ0v) is 13.6. The van der Waals surface area contributed by atoms with Crippen molar-refractivity contribution in [3.8, 4) is 0 Å². The van der Waals surface area contributed by atoms with Gasteiger partial charge < -0.3 is 10.0 Å². The van der Waals surface area contributed by atoms with Crippen LogP contribution in [-0.2, 0) is 11.0 Å². The predicted octanol–water partition coefficient (Wildman–Crippen LogP) is 3.43. The molecular formula is C18H22F3NO2. The summed E-state index contributed by atoms with van der Waals surface area (Å²) in [4.78, 5) is 14.6. The highest BCUT2D eigenvalue weighted by Gasteiger charge is 2.47. The molecule has 0 bridgehead atoms. The van der Waals surface area contributed by atoms with Crippen molar-refractivity contribution < 1.29 is 23.1 Å². The van der Waals surface area contributed by atoms with E-state index in [4.69, 9.17) is 0 Å². The molecule has 6 heteroatoms. The Morgan fingerprint density at radius 1 is 1.25 bits per heavy atom. The lowest BCUT2D eigenvalue weighted by molar-refractivity contribution is -0.138. The maximum atomic E-state index is 12.7. The molecule has 0 aromatic heterocycles. The zero-order valence-electron chi connectivity index (χ0n) is 13.6. The minimum Gasteiger partial charge on any atom is -0.396 e. The molecule has 1 N–H and O–H groups in total. The molecule has 3 rings (SSSR count). The Balaban J connectivity index is 1.65. The third-order valence-corrected chi connectivity index (χ3v) is 5.29. The Morgan fingerprint density at radius 2 is 1.92 bits per heavy atom. The Kier molecular flexibility index (Phi) is 4.60. The minimum atomic E-state index is -4.33. The molecule has 132 valence electrons. The first kappa shape index (κ1) is 17.3. The molecule has 1 amide bonds. The minimum absolute atomic E-state index is 0.0153. The van der Waals surface area contributed by atoms with Gasteiger partial charge in [0.15, 0.2) is 0 Å². The van der Waals surface area contributed by atoms with E-state index in [1.165, 1.54) is 12.1 Å². The van der Waals surface area contributed by atoms with Gasteiger partial charge in [-0.05, 0) is 55.7 Å². The third-order valence-electron chi connectivity index (χ3n) is 5.29. The second kappa shape index (κ2) is 6.39. The number of carbonyl (C=O) groups excluding carboxylic acids is 1. The number of halogens is 3. The second-order valence-electron chi connectivity index (χ2n) is 7.03. The van der Waals surface area contributed by atoms with Crippen LogP contribution in [0.3, 0.4) is 0 Å². The van der Waals surface area contributed by atoms with Gasteiger partial charge in [0.05, 0.1) is 5.56 Å². The summed E-state index contributed by atoms with van der Waals surface area (Å²) in [5.74, 6) is 0.0853. The zero-order chi connectivity index (χ0) is 17.5. The van der Waals surface area contributed by atoms with E-state index >= 15 is 0 Å². The van der Waals surface area contributed by atoms with Gasteiger partial charge in [-0.15, -0.1) is 0 Å². The summed E-state index contributed by atoms with van der Waals surface area (Å²) in [7, 11) is 0. The van der Waals surface area contributed by atoms with E-state index in [0.29, 0.717) is 13.0 Å². The number of aliphatic hydroxyl groups excluding tert-OH is 1.